The van der Waals surface area contributed by atoms with Gasteiger partial charge in [-0.2, -0.15) is 0 Å². The number of amides is 6. The average Bonchev–Trinajstić information content (AvgIpc) is 3.28. The van der Waals surface area contributed by atoms with Crippen LogP contribution in [0.2, 0.25) is 0 Å². The highest BCUT2D eigenvalue weighted by Gasteiger charge is 2.35. The van der Waals surface area contributed by atoms with Crippen LogP contribution in [0.1, 0.15) is 52.9 Å². The van der Waals surface area contributed by atoms with Crippen molar-refractivity contribution in [3.8, 4) is 0 Å². The molecule has 0 aromatic carbocycles. The Kier molecular flexibility index (Phi) is 31.9. The van der Waals surface area contributed by atoms with E-state index in [2.05, 4.69) is 60.9 Å². The predicted molar refractivity (Wildman–Crippen MR) is 222 cm³/mol. The predicted octanol–water partition coefficient (Wildman–Crippen LogP) is -2.78. The Labute approximate surface area is 375 Å². The van der Waals surface area contributed by atoms with Gasteiger partial charge in [0.15, 0.2) is 0 Å². The molecule has 0 heterocycles. The second-order valence-corrected chi connectivity index (χ2v) is 13.8. The van der Waals surface area contributed by atoms with Crippen LogP contribution in [0.5, 0.6) is 0 Å². The molecule has 0 saturated carbocycles. The van der Waals surface area contributed by atoms with E-state index in [1.165, 1.54) is 27.9 Å². The molecule has 27 nitrogen and oxygen atoms in total. The van der Waals surface area contributed by atoms with Crippen LogP contribution >= 0.6 is 0 Å². The standard InChI is InChI=1S/C38H63N9O18/c1-23(2)33(46-35(54)25(8-9-29(49)58-4)44-37(56)26(20-31(51)60-6)43-28(48)22-41-47-39)38(57)45-27(21-32(52)61-7)36(55)42-24(3)34(53)40-11-13-63-15-17-65-19-18-64-16-14-62-12-10-30(50)59-5/h23-27,33H,8-22H2,1-7H3,(H,40,53)(H,42,55)(H,43,48)(H,44,56)(H,45,57)(H,46,54)/t24-,25?,26-,27?,33-/m0/s1. The summed E-state index contributed by atoms with van der Waals surface area (Å²) in [5, 5.41) is 17.5. The molecule has 2 unspecified atom stereocenters. The lowest BCUT2D eigenvalue weighted by atomic mass is 10.0. The third-order valence-electron chi connectivity index (χ3n) is 8.60. The lowest BCUT2D eigenvalue weighted by Gasteiger charge is -2.28. The van der Waals surface area contributed by atoms with Gasteiger partial charge < -0.3 is 69.8 Å². The molecule has 6 N–H and O–H groups in total. The quantitative estimate of drug-likeness (QED) is 0.00935. The van der Waals surface area contributed by atoms with Crippen molar-refractivity contribution in [1.82, 2.24) is 31.9 Å². The number of hydrogen-bond acceptors (Lipinski definition) is 19. The summed E-state index contributed by atoms with van der Waals surface area (Å²) in [5.74, 6) is -9.24. The summed E-state index contributed by atoms with van der Waals surface area (Å²) >= 11 is 0. The van der Waals surface area contributed by atoms with Gasteiger partial charge in [0.1, 0.15) is 36.8 Å². The van der Waals surface area contributed by atoms with Crippen molar-refractivity contribution in [1.29, 1.82) is 0 Å². The zero-order valence-electron chi connectivity index (χ0n) is 37.8. The van der Waals surface area contributed by atoms with Gasteiger partial charge in [-0.05, 0) is 24.8 Å². The zero-order valence-corrected chi connectivity index (χ0v) is 37.8. The van der Waals surface area contributed by atoms with Crippen LogP contribution in [-0.2, 0) is 85.8 Å². The molecule has 0 aliphatic heterocycles. The Morgan fingerprint density at radius 1 is 0.508 bits per heavy atom. The molecule has 5 atom stereocenters. The maximum absolute atomic E-state index is 13.7. The van der Waals surface area contributed by atoms with Crippen LogP contribution in [0.4, 0.5) is 0 Å². The molecule has 27 heteroatoms. The molecular weight excluding hydrogens is 870 g/mol. The molecular formula is C38H63N9O18. The first-order chi connectivity index (χ1) is 30.9. The van der Waals surface area contributed by atoms with Crippen molar-refractivity contribution in [2.24, 2.45) is 11.0 Å². The second kappa shape index (κ2) is 35.2. The maximum atomic E-state index is 13.7. The molecule has 0 aliphatic carbocycles. The number of azide groups is 1. The number of nitrogens with one attached hydrogen (secondary N) is 6. The average molecular weight is 934 g/mol. The molecule has 0 spiro atoms. The molecule has 0 fully saturated rings. The van der Waals surface area contributed by atoms with E-state index in [-0.39, 0.29) is 51.8 Å². The van der Waals surface area contributed by atoms with Crippen molar-refractivity contribution in [2.45, 2.75) is 83.1 Å². The van der Waals surface area contributed by atoms with Crippen LogP contribution in [0.3, 0.4) is 0 Å². The Hall–Kier alpha value is -6.15. The summed E-state index contributed by atoms with van der Waals surface area (Å²) in [7, 11) is 4.46. The summed E-state index contributed by atoms with van der Waals surface area (Å²) in [6, 6.07) is -7.41. The fourth-order valence-electron chi connectivity index (χ4n) is 5.01. The van der Waals surface area contributed by atoms with E-state index in [1.807, 2.05) is 0 Å². The number of carbonyl (C=O) groups is 10. The lowest BCUT2D eigenvalue weighted by molar-refractivity contribution is -0.145. The fourth-order valence-corrected chi connectivity index (χ4v) is 5.01. The van der Waals surface area contributed by atoms with E-state index in [4.69, 9.17) is 24.5 Å². The number of carbonyl (C=O) groups excluding carboxylic acids is 10. The van der Waals surface area contributed by atoms with Gasteiger partial charge in [-0.15, -0.1) is 0 Å². The monoisotopic (exact) mass is 933 g/mol. The van der Waals surface area contributed by atoms with Crippen LogP contribution in [-0.4, -0.2) is 184 Å². The number of esters is 4. The Morgan fingerprint density at radius 2 is 0.954 bits per heavy atom. The van der Waals surface area contributed by atoms with Gasteiger partial charge in [0, 0.05) is 17.9 Å². The highest BCUT2D eigenvalue weighted by atomic mass is 16.6. The van der Waals surface area contributed by atoms with E-state index >= 15 is 0 Å². The van der Waals surface area contributed by atoms with Crippen LogP contribution < -0.4 is 31.9 Å². The first-order valence-corrected chi connectivity index (χ1v) is 20.3. The van der Waals surface area contributed by atoms with Crippen molar-refractivity contribution in [2.75, 3.05) is 94.4 Å². The molecule has 0 saturated heterocycles. The minimum Gasteiger partial charge on any atom is -0.469 e. The molecule has 0 bridgehead atoms. The number of methoxy groups -OCH3 is 4. The van der Waals surface area contributed by atoms with Gasteiger partial charge in [0.25, 0.3) is 0 Å². The number of rotatable bonds is 35. The third kappa shape index (κ3) is 27.6. The molecule has 0 aromatic rings. The van der Waals surface area contributed by atoms with Crippen molar-refractivity contribution < 1.29 is 85.8 Å². The first kappa shape index (κ1) is 58.8. The summed E-state index contributed by atoms with van der Waals surface area (Å²) in [6.07, 6.45) is -2.03. The highest BCUT2D eigenvalue weighted by molar-refractivity contribution is 5.98. The van der Waals surface area contributed by atoms with Gasteiger partial charge in [-0.3, -0.25) is 47.9 Å². The van der Waals surface area contributed by atoms with Crippen LogP contribution in [0, 0.1) is 5.92 Å². The summed E-state index contributed by atoms with van der Waals surface area (Å²) in [6.45, 7) is 5.82. The smallest absolute Gasteiger partial charge is 0.308 e. The number of hydrogen-bond donors (Lipinski definition) is 6. The normalized spacial score (nSPS) is 12.9. The van der Waals surface area contributed by atoms with Gasteiger partial charge in [0.05, 0.1) is 101 Å². The van der Waals surface area contributed by atoms with Crippen LogP contribution in [0.15, 0.2) is 5.11 Å². The lowest BCUT2D eigenvalue weighted by Crippen LogP contribution is -2.60. The first-order valence-electron chi connectivity index (χ1n) is 20.3. The van der Waals surface area contributed by atoms with E-state index in [9.17, 15) is 47.9 Å². The fraction of sp³-hybridized carbons (Fsp3) is 0.737. The molecule has 6 amide bonds. The van der Waals surface area contributed by atoms with Gasteiger partial charge in [-0.1, -0.05) is 19.0 Å². The van der Waals surface area contributed by atoms with Gasteiger partial charge in [-0.25, -0.2) is 0 Å². The molecule has 368 valence electrons. The SMILES string of the molecule is COC(=O)CCOCCOCCOCCOCCNC(=O)[C@H](C)NC(=O)C(CC(=O)OC)NC(=O)[C@@H](NC(=O)C(CCC(=O)OC)NC(=O)[C@H](CC(=O)OC)NC(=O)CN=[N+]=[N-])C(C)C. The van der Waals surface area contributed by atoms with E-state index in [0.29, 0.717) is 26.4 Å². The topological polar surface area (TPSA) is 365 Å². The van der Waals surface area contributed by atoms with Gasteiger partial charge >= 0.3 is 23.9 Å². The molecule has 0 rings (SSSR count). The van der Waals surface area contributed by atoms with Crippen molar-refractivity contribution in [3.63, 3.8) is 0 Å². The Balaban J connectivity index is 5.44. The zero-order chi connectivity index (χ0) is 49.2. The van der Waals surface area contributed by atoms with Gasteiger partial charge in [0.2, 0.25) is 35.4 Å². The Bertz CT molecular complexity index is 1610. The minimum absolute atomic E-state index is 0.0648. The maximum Gasteiger partial charge on any atom is 0.308 e. The Morgan fingerprint density at radius 3 is 1.46 bits per heavy atom. The summed E-state index contributed by atoms with van der Waals surface area (Å²) < 4.78 is 39.8. The van der Waals surface area contributed by atoms with E-state index < -0.39 is 115 Å². The largest absolute Gasteiger partial charge is 0.469 e. The molecule has 0 radical (unpaired) electrons. The number of ether oxygens (including phenoxy) is 8. The molecule has 0 aromatic heterocycles. The molecule has 65 heavy (non-hydrogen) atoms. The van der Waals surface area contributed by atoms with E-state index in [0.717, 1.165) is 21.3 Å². The minimum atomic E-state index is -1.63. The second-order valence-electron chi connectivity index (χ2n) is 13.8. The molecule has 0 aliphatic rings. The third-order valence-corrected chi connectivity index (χ3v) is 8.60. The summed E-state index contributed by atoms with van der Waals surface area (Å²) in [5.41, 5.74) is 8.52. The van der Waals surface area contributed by atoms with Crippen molar-refractivity contribution in [3.05, 3.63) is 10.4 Å². The summed E-state index contributed by atoms with van der Waals surface area (Å²) in [4.78, 5) is 129. The van der Waals surface area contributed by atoms with Crippen molar-refractivity contribution >= 4 is 59.3 Å². The highest BCUT2D eigenvalue weighted by Crippen LogP contribution is 2.09. The van der Waals surface area contributed by atoms with Crippen LogP contribution in [0.25, 0.3) is 10.4 Å². The number of nitrogens with zero attached hydrogens (tertiary/aromatic N) is 3. The van der Waals surface area contributed by atoms with E-state index in [1.54, 1.807) is 0 Å².